The van der Waals surface area contributed by atoms with Gasteiger partial charge in [-0.05, 0) is 26.0 Å². The van der Waals surface area contributed by atoms with E-state index in [2.05, 4.69) is 10.6 Å². The summed E-state index contributed by atoms with van der Waals surface area (Å²) in [4.78, 5) is 22.6. The van der Waals surface area contributed by atoms with Gasteiger partial charge in [0.1, 0.15) is 17.4 Å². The number of carbonyl (C=O) groups excluding carboxylic acids is 1. The first kappa shape index (κ1) is 14.7. The number of anilines is 2. The lowest BCUT2D eigenvalue weighted by atomic mass is 10.1. The van der Waals surface area contributed by atoms with E-state index in [0.29, 0.717) is 6.54 Å². The predicted molar refractivity (Wildman–Crippen MR) is 69.5 cm³/mol. The lowest BCUT2D eigenvalue weighted by Crippen LogP contribution is -2.37. The van der Waals surface area contributed by atoms with Crippen LogP contribution in [0.15, 0.2) is 12.1 Å². The zero-order valence-electron chi connectivity index (χ0n) is 10.7. The topological polar surface area (TPSA) is 104 Å². The van der Waals surface area contributed by atoms with Crippen molar-refractivity contribution in [1.29, 1.82) is 0 Å². The molecule has 7 heteroatoms. The van der Waals surface area contributed by atoms with E-state index in [1.54, 1.807) is 13.8 Å². The molecular weight excluding hydrogens is 253 g/mol. The molecule has 104 valence electrons. The third-order valence-corrected chi connectivity index (χ3v) is 2.52. The van der Waals surface area contributed by atoms with Crippen LogP contribution in [-0.2, 0) is 4.79 Å². The highest BCUT2D eigenvalue weighted by Gasteiger charge is 2.20. The van der Waals surface area contributed by atoms with Crippen molar-refractivity contribution in [3.8, 4) is 0 Å². The van der Waals surface area contributed by atoms with Crippen LogP contribution in [0.1, 0.15) is 24.2 Å². The quantitative estimate of drug-likeness (QED) is 0.598. The Kier molecular flexibility index (Phi) is 4.68. The molecule has 1 amide bonds. The molecule has 5 N–H and O–H groups in total. The number of nitrogens with one attached hydrogen (secondary N) is 2. The van der Waals surface area contributed by atoms with Crippen molar-refractivity contribution in [2.75, 3.05) is 17.6 Å². The van der Waals surface area contributed by atoms with Gasteiger partial charge in [0.2, 0.25) is 5.91 Å². The maximum absolute atomic E-state index is 13.2. The van der Waals surface area contributed by atoms with Crippen LogP contribution in [0, 0.1) is 5.82 Å². The number of amides is 1. The molecule has 0 heterocycles. The van der Waals surface area contributed by atoms with E-state index in [4.69, 9.17) is 10.8 Å². The molecule has 6 nitrogen and oxygen atoms in total. The number of carboxylic acids is 1. The van der Waals surface area contributed by atoms with Crippen LogP contribution in [0.3, 0.4) is 0 Å². The molecule has 1 unspecified atom stereocenters. The second-order valence-corrected chi connectivity index (χ2v) is 3.95. The smallest absolute Gasteiger partial charge is 0.340 e. The fourth-order valence-corrected chi connectivity index (χ4v) is 1.57. The van der Waals surface area contributed by atoms with E-state index >= 15 is 0 Å². The molecular formula is C12H16FN3O3. The van der Waals surface area contributed by atoms with Crippen molar-refractivity contribution in [2.45, 2.75) is 19.9 Å². The molecule has 19 heavy (non-hydrogen) atoms. The van der Waals surface area contributed by atoms with Gasteiger partial charge >= 0.3 is 5.97 Å². The first-order valence-electron chi connectivity index (χ1n) is 5.74. The number of likely N-dealkylation sites (N-methyl/N-ethyl adjacent to an activating group) is 1. The van der Waals surface area contributed by atoms with Gasteiger partial charge in [-0.15, -0.1) is 0 Å². The monoisotopic (exact) mass is 269 g/mol. The second kappa shape index (κ2) is 6.03. The molecule has 0 bridgehead atoms. The number of rotatable bonds is 5. The zero-order valence-corrected chi connectivity index (χ0v) is 10.7. The minimum absolute atomic E-state index is 0.102. The Bertz CT molecular complexity index is 505. The third-order valence-electron chi connectivity index (χ3n) is 2.52. The summed E-state index contributed by atoms with van der Waals surface area (Å²) in [5.74, 6) is -2.46. The van der Waals surface area contributed by atoms with Crippen LogP contribution >= 0.6 is 0 Å². The number of hydrogen-bond donors (Lipinski definition) is 4. The number of hydrogen-bond acceptors (Lipinski definition) is 4. The summed E-state index contributed by atoms with van der Waals surface area (Å²) in [6, 6.07) is 1.63. The first-order valence-corrected chi connectivity index (χ1v) is 5.74. The first-order chi connectivity index (χ1) is 8.88. The number of benzene rings is 1. The summed E-state index contributed by atoms with van der Waals surface area (Å²) in [5.41, 5.74) is 4.66. The molecule has 0 aliphatic rings. The number of halogens is 1. The SMILES string of the molecule is CCNC(=O)C(C)Nc1ccc(F)c(N)c1C(=O)O. The summed E-state index contributed by atoms with van der Waals surface area (Å²) >= 11 is 0. The van der Waals surface area contributed by atoms with Crippen LogP contribution in [0.2, 0.25) is 0 Å². The number of aromatic carboxylic acids is 1. The van der Waals surface area contributed by atoms with Gasteiger partial charge in [0, 0.05) is 6.54 Å². The molecule has 0 saturated heterocycles. The number of nitrogens with two attached hydrogens (primary N) is 1. The van der Waals surface area contributed by atoms with Crippen molar-refractivity contribution in [1.82, 2.24) is 5.32 Å². The van der Waals surface area contributed by atoms with E-state index < -0.39 is 23.5 Å². The maximum Gasteiger partial charge on any atom is 0.340 e. The fourth-order valence-electron chi connectivity index (χ4n) is 1.57. The maximum atomic E-state index is 13.2. The summed E-state index contributed by atoms with van der Waals surface area (Å²) < 4.78 is 13.2. The van der Waals surface area contributed by atoms with Gasteiger partial charge in [-0.1, -0.05) is 0 Å². The van der Waals surface area contributed by atoms with Gasteiger partial charge in [0.25, 0.3) is 0 Å². The van der Waals surface area contributed by atoms with Gasteiger partial charge in [0.05, 0.1) is 11.4 Å². The Morgan fingerprint density at radius 1 is 1.47 bits per heavy atom. The summed E-state index contributed by atoms with van der Waals surface area (Å²) in [6.45, 7) is 3.79. The highest BCUT2D eigenvalue weighted by molar-refractivity contribution is 6.00. The average molecular weight is 269 g/mol. The fraction of sp³-hybridized carbons (Fsp3) is 0.333. The van der Waals surface area contributed by atoms with Crippen molar-refractivity contribution in [3.63, 3.8) is 0 Å². The van der Waals surface area contributed by atoms with E-state index in [9.17, 15) is 14.0 Å². The molecule has 1 aromatic rings. The summed E-state index contributed by atoms with van der Waals surface area (Å²) in [7, 11) is 0. The van der Waals surface area contributed by atoms with E-state index in [0.717, 1.165) is 6.07 Å². The average Bonchev–Trinajstić information content (AvgIpc) is 2.33. The molecule has 0 aromatic heterocycles. The zero-order chi connectivity index (χ0) is 14.6. The molecule has 0 aliphatic heterocycles. The largest absolute Gasteiger partial charge is 0.478 e. The normalized spacial score (nSPS) is 11.7. The Labute approximate surface area is 109 Å². The molecule has 0 spiro atoms. The minimum Gasteiger partial charge on any atom is -0.478 e. The lowest BCUT2D eigenvalue weighted by Gasteiger charge is -2.17. The van der Waals surface area contributed by atoms with Gasteiger partial charge in [-0.3, -0.25) is 4.79 Å². The van der Waals surface area contributed by atoms with Gasteiger partial charge in [-0.2, -0.15) is 0 Å². The Morgan fingerprint density at radius 3 is 2.63 bits per heavy atom. The molecule has 0 fully saturated rings. The number of carbonyl (C=O) groups is 2. The van der Waals surface area contributed by atoms with E-state index in [-0.39, 0.29) is 17.2 Å². The Morgan fingerprint density at radius 2 is 2.11 bits per heavy atom. The Balaban J connectivity index is 3.05. The molecule has 1 rings (SSSR count). The summed E-state index contributed by atoms with van der Waals surface area (Å²) in [5, 5.41) is 14.3. The lowest BCUT2D eigenvalue weighted by molar-refractivity contribution is -0.121. The summed E-state index contributed by atoms with van der Waals surface area (Å²) in [6.07, 6.45) is 0. The molecule has 1 aromatic carbocycles. The van der Waals surface area contributed by atoms with Gasteiger partial charge in [0.15, 0.2) is 0 Å². The van der Waals surface area contributed by atoms with E-state index in [1.807, 2.05) is 0 Å². The number of carboxylic acid groups (broad SMARTS) is 1. The molecule has 0 saturated carbocycles. The van der Waals surface area contributed by atoms with Gasteiger partial charge in [-0.25, -0.2) is 9.18 Å². The van der Waals surface area contributed by atoms with Gasteiger partial charge < -0.3 is 21.5 Å². The van der Waals surface area contributed by atoms with E-state index in [1.165, 1.54) is 6.07 Å². The highest BCUT2D eigenvalue weighted by Crippen LogP contribution is 2.25. The highest BCUT2D eigenvalue weighted by atomic mass is 19.1. The minimum atomic E-state index is -1.36. The number of nitrogen functional groups attached to an aromatic ring is 1. The Hall–Kier alpha value is -2.31. The molecule has 0 aliphatic carbocycles. The predicted octanol–water partition coefficient (Wildman–Crippen LogP) is 1.04. The van der Waals surface area contributed by atoms with Crippen LogP contribution < -0.4 is 16.4 Å². The molecule has 1 atom stereocenters. The van der Waals surface area contributed by atoms with Crippen molar-refractivity contribution < 1.29 is 19.1 Å². The second-order valence-electron chi connectivity index (χ2n) is 3.95. The van der Waals surface area contributed by atoms with Crippen molar-refractivity contribution in [3.05, 3.63) is 23.5 Å². The van der Waals surface area contributed by atoms with Crippen LogP contribution in [0.4, 0.5) is 15.8 Å². The van der Waals surface area contributed by atoms with Crippen LogP contribution in [-0.4, -0.2) is 29.6 Å². The molecule has 0 radical (unpaired) electrons. The van der Waals surface area contributed by atoms with Crippen molar-refractivity contribution in [2.24, 2.45) is 0 Å². The standard InChI is InChI=1S/C12H16FN3O3/c1-3-15-11(17)6(2)16-8-5-4-7(13)10(14)9(8)12(18)19/h4-6,16H,3,14H2,1-2H3,(H,15,17)(H,18,19). The third kappa shape index (κ3) is 3.34. The van der Waals surface area contributed by atoms with Crippen molar-refractivity contribution >= 4 is 23.3 Å². The van der Waals surface area contributed by atoms with Crippen LogP contribution in [0.5, 0.6) is 0 Å². The van der Waals surface area contributed by atoms with Crippen LogP contribution in [0.25, 0.3) is 0 Å².